The molecule has 0 spiro atoms. The lowest BCUT2D eigenvalue weighted by molar-refractivity contribution is 0.563. The number of pyridine rings is 1. The lowest BCUT2D eigenvalue weighted by Crippen LogP contribution is -1.98. The number of H-pyrrole nitrogens is 1. The van der Waals surface area contributed by atoms with Crippen molar-refractivity contribution in [1.82, 2.24) is 15.2 Å². The molecule has 1 aromatic carbocycles. The van der Waals surface area contributed by atoms with Crippen LogP contribution in [0.2, 0.25) is 0 Å². The molecule has 0 fully saturated rings. The molecule has 0 saturated heterocycles. The highest BCUT2D eigenvalue weighted by Gasteiger charge is 2.16. The number of nitrogens with zero attached hydrogens (tertiary/aromatic N) is 2. The number of aromatic nitrogens is 3. The van der Waals surface area contributed by atoms with Gasteiger partial charge in [-0.25, -0.2) is 4.21 Å². The molecule has 6 heteroatoms. The van der Waals surface area contributed by atoms with Crippen LogP contribution in [0.15, 0.2) is 53.6 Å². The first kappa shape index (κ1) is 13.7. The minimum absolute atomic E-state index is 0.306. The SMILES string of the molecule is Cc1nccc(-c2cc(-c3ccccc3)n[nH]2)c1S(=O)O. The Morgan fingerprint density at radius 3 is 2.67 bits per heavy atom. The first-order chi connectivity index (χ1) is 10.2. The van der Waals surface area contributed by atoms with Gasteiger partial charge < -0.3 is 4.55 Å². The quantitative estimate of drug-likeness (QED) is 0.729. The molecule has 2 N–H and O–H groups in total. The number of hydrogen-bond donors (Lipinski definition) is 2. The fourth-order valence-corrected chi connectivity index (χ4v) is 2.87. The smallest absolute Gasteiger partial charge is 0.189 e. The fourth-order valence-electron chi connectivity index (χ4n) is 2.20. The molecule has 0 aliphatic rings. The van der Waals surface area contributed by atoms with E-state index in [1.807, 2.05) is 36.4 Å². The van der Waals surface area contributed by atoms with Crippen molar-refractivity contribution >= 4 is 11.1 Å². The van der Waals surface area contributed by atoms with Crippen LogP contribution in [0.3, 0.4) is 0 Å². The van der Waals surface area contributed by atoms with Gasteiger partial charge in [0.05, 0.1) is 22.0 Å². The number of aromatic amines is 1. The Morgan fingerprint density at radius 2 is 1.95 bits per heavy atom. The van der Waals surface area contributed by atoms with Gasteiger partial charge in [-0.2, -0.15) is 5.10 Å². The van der Waals surface area contributed by atoms with E-state index in [1.165, 1.54) is 0 Å². The van der Waals surface area contributed by atoms with Crippen molar-refractivity contribution in [2.24, 2.45) is 0 Å². The summed E-state index contributed by atoms with van der Waals surface area (Å²) < 4.78 is 21.0. The monoisotopic (exact) mass is 299 g/mol. The van der Waals surface area contributed by atoms with Crippen LogP contribution in [0.4, 0.5) is 0 Å². The molecule has 0 radical (unpaired) electrons. The molecule has 3 aromatic rings. The summed E-state index contributed by atoms with van der Waals surface area (Å²) in [7, 11) is 0. The average Bonchev–Trinajstić information content (AvgIpc) is 2.97. The Balaban J connectivity index is 2.09. The van der Waals surface area contributed by atoms with Gasteiger partial charge in [0, 0.05) is 17.3 Å². The molecule has 0 saturated carbocycles. The zero-order chi connectivity index (χ0) is 14.8. The van der Waals surface area contributed by atoms with E-state index in [2.05, 4.69) is 15.2 Å². The van der Waals surface area contributed by atoms with Gasteiger partial charge in [0.15, 0.2) is 11.1 Å². The Hall–Kier alpha value is -2.31. The molecule has 5 nitrogen and oxygen atoms in total. The van der Waals surface area contributed by atoms with Crippen LogP contribution in [-0.2, 0) is 11.1 Å². The highest BCUT2D eigenvalue weighted by molar-refractivity contribution is 7.79. The normalized spacial score (nSPS) is 12.3. The summed E-state index contributed by atoms with van der Waals surface area (Å²) in [5.41, 5.74) is 3.63. The summed E-state index contributed by atoms with van der Waals surface area (Å²) >= 11 is -2.10. The second-order valence-electron chi connectivity index (χ2n) is 4.56. The molecule has 1 unspecified atom stereocenters. The predicted molar refractivity (Wildman–Crippen MR) is 81.0 cm³/mol. The minimum Gasteiger partial charge on any atom is -0.302 e. The summed E-state index contributed by atoms with van der Waals surface area (Å²) in [6.07, 6.45) is 1.62. The van der Waals surface area contributed by atoms with Crippen molar-refractivity contribution in [3.63, 3.8) is 0 Å². The third-order valence-electron chi connectivity index (χ3n) is 3.19. The van der Waals surface area contributed by atoms with Gasteiger partial charge in [0.2, 0.25) is 0 Å². The number of benzene rings is 1. The van der Waals surface area contributed by atoms with Gasteiger partial charge in [-0.3, -0.25) is 10.1 Å². The summed E-state index contributed by atoms with van der Waals surface area (Å²) in [6, 6.07) is 13.3. The lowest BCUT2D eigenvalue weighted by Gasteiger charge is -2.06. The summed E-state index contributed by atoms with van der Waals surface area (Å²) in [4.78, 5) is 4.37. The Kier molecular flexibility index (Phi) is 3.64. The second kappa shape index (κ2) is 5.59. The van der Waals surface area contributed by atoms with E-state index in [9.17, 15) is 8.76 Å². The Labute approximate surface area is 124 Å². The van der Waals surface area contributed by atoms with Crippen molar-refractivity contribution in [1.29, 1.82) is 0 Å². The van der Waals surface area contributed by atoms with Gasteiger partial charge in [-0.15, -0.1) is 0 Å². The Morgan fingerprint density at radius 1 is 1.19 bits per heavy atom. The summed E-state index contributed by atoms with van der Waals surface area (Å²) in [6.45, 7) is 1.71. The molecule has 2 aromatic heterocycles. The van der Waals surface area contributed by atoms with Gasteiger partial charge in [0.25, 0.3) is 0 Å². The molecular weight excluding hydrogens is 286 g/mol. The highest BCUT2D eigenvalue weighted by atomic mass is 32.2. The number of nitrogens with one attached hydrogen (secondary N) is 1. The number of aryl methyl sites for hydroxylation is 1. The van der Waals surface area contributed by atoms with Gasteiger partial charge in [-0.1, -0.05) is 30.3 Å². The van der Waals surface area contributed by atoms with E-state index in [-0.39, 0.29) is 0 Å². The van der Waals surface area contributed by atoms with E-state index >= 15 is 0 Å². The molecule has 3 rings (SSSR count). The third kappa shape index (κ3) is 2.63. The van der Waals surface area contributed by atoms with Crippen LogP contribution >= 0.6 is 0 Å². The van der Waals surface area contributed by atoms with Crippen molar-refractivity contribution in [3.8, 4) is 22.5 Å². The molecule has 106 valence electrons. The lowest BCUT2D eigenvalue weighted by atomic mass is 10.1. The molecule has 0 amide bonds. The van der Waals surface area contributed by atoms with Crippen LogP contribution in [0, 0.1) is 6.92 Å². The zero-order valence-corrected chi connectivity index (χ0v) is 12.1. The van der Waals surface area contributed by atoms with E-state index in [4.69, 9.17) is 0 Å². The molecule has 0 aliphatic carbocycles. The predicted octanol–water partition coefficient (Wildman–Crippen LogP) is 3.03. The van der Waals surface area contributed by atoms with Crippen molar-refractivity contribution in [2.75, 3.05) is 0 Å². The first-order valence-corrected chi connectivity index (χ1v) is 7.45. The van der Waals surface area contributed by atoms with Gasteiger partial charge in [-0.05, 0) is 19.1 Å². The van der Waals surface area contributed by atoms with E-state index in [0.29, 0.717) is 21.8 Å². The maximum absolute atomic E-state index is 11.5. The summed E-state index contributed by atoms with van der Waals surface area (Å²) in [5.74, 6) is 0. The number of rotatable bonds is 3. The largest absolute Gasteiger partial charge is 0.302 e. The number of hydrogen-bond acceptors (Lipinski definition) is 3. The molecular formula is C15H13N3O2S. The molecule has 2 heterocycles. The fraction of sp³-hybridized carbons (Fsp3) is 0.0667. The van der Waals surface area contributed by atoms with Crippen LogP contribution in [0.1, 0.15) is 5.69 Å². The third-order valence-corrected chi connectivity index (χ3v) is 4.06. The maximum Gasteiger partial charge on any atom is 0.189 e. The molecule has 0 aliphatic heterocycles. The second-order valence-corrected chi connectivity index (χ2v) is 5.46. The molecule has 0 bridgehead atoms. The van der Waals surface area contributed by atoms with E-state index in [1.54, 1.807) is 19.2 Å². The minimum atomic E-state index is -2.10. The van der Waals surface area contributed by atoms with E-state index in [0.717, 1.165) is 11.3 Å². The molecule has 21 heavy (non-hydrogen) atoms. The van der Waals surface area contributed by atoms with Gasteiger partial charge in [0.1, 0.15) is 0 Å². The van der Waals surface area contributed by atoms with Crippen LogP contribution < -0.4 is 0 Å². The van der Waals surface area contributed by atoms with Crippen LogP contribution in [0.5, 0.6) is 0 Å². The Bertz CT molecular complexity index is 800. The summed E-state index contributed by atoms with van der Waals surface area (Å²) in [5, 5.41) is 7.19. The standard InChI is InChI=1S/C15H13N3O2S/c1-10-15(21(19)20)12(7-8-16-10)14-9-13(17-18-14)11-5-3-2-4-6-11/h2-9H,1H3,(H,17,18)(H,19,20). The highest BCUT2D eigenvalue weighted by Crippen LogP contribution is 2.28. The topological polar surface area (TPSA) is 78.9 Å². The van der Waals surface area contributed by atoms with Gasteiger partial charge >= 0.3 is 0 Å². The van der Waals surface area contributed by atoms with Crippen molar-refractivity contribution in [2.45, 2.75) is 11.8 Å². The zero-order valence-electron chi connectivity index (χ0n) is 11.3. The molecule has 1 atom stereocenters. The maximum atomic E-state index is 11.5. The van der Waals surface area contributed by atoms with Crippen molar-refractivity contribution in [3.05, 3.63) is 54.4 Å². The van der Waals surface area contributed by atoms with Crippen molar-refractivity contribution < 1.29 is 8.76 Å². The van der Waals surface area contributed by atoms with Crippen LogP contribution in [0.25, 0.3) is 22.5 Å². The average molecular weight is 299 g/mol. The first-order valence-electron chi connectivity index (χ1n) is 6.34. The van der Waals surface area contributed by atoms with Crippen LogP contribution in [-0.4, -0.2) is 23.9 Å². The van der Waals surface area contributed by atoms with E-state index < -0.39 is 11.1 Å².